The van der Waals surface area contributed by atoms with Crippen LogP contribution in [0, 0.1) is 5.92 Å². The van der Waals surface area contributed by atoms with E-state index in [0.717, 1.165) is 10.0 Å². The van der Waals surface area contributed by atoms with Gasteiger partial charge in [0.25, 0.3) is 0 Å². The molecule has 0 saturated heterocycles. The van der Waals surface area contributed by atoms with Gasteiger partial charge in [-0.15, -0.1) is 0 Å². The van der Waals surface area contributed by atoms with Crippen LogP contribution in [0.5, 0.6) is 5.88 Å². The minimum Gasteiger partial charge on any atom is -0.480 e. The van der Waals surface area contributed by atoms with Crippen molar-refractivity contribution in [3.8, 4) is 5.88 Å². The molecule has 0 aromatic carbocycles. The van der Waals surface area contributed by atoms with Crippen molar-refractivity contribution in [3.63, 3.8) is 0 Å². The monoisotopic (exact) mass is 295 g/mol. The summed E-state index contributed by atoms with van der Waals surface area (Å²) in [5, 5.41) is 0.966. The predicted octanol–water partition coefficient (Wildman–Crippen LogP) is 3.14. The molecule has 0 radical (unpaired) electrons. The lowest BCUT2D eigenvalue weighted by atomic mass is 9.83. The Bertz CT molecular complexity index is 462. The van der Waals surface area contributed by atoms with E-state index in [2.05, 4.69) is 11.1 Å². The minimum absolute atomic E-state index is 0.628. The third-order valence-electron chi connectivity index (χ3n) is 3.87. The largest absolute Gasteiger partial charge is 0.480 e. The van der Waals surface area contributed by atoms with Gasteiger partial charge in [-0.25, -0.2) is 0 Å². The lowest BCUT2D eigenvalue weighted by molar-refractivity contribution is 0.397. The molecule has 1 aliphatic carbocycles. The van der Waals surface area contributed by atoms with E-state index in [-0.39, 0.29) is 0 Å². The van der Waals surface area contributed by atoms with Crippen molar-refractivity contribution in [1.82, 2.24) is 4.98 Å². The number of hydrogen-bond donors (Lipinski definition) is 1. The van der Waals surface area contributed by atoms with Crippen LogP contribution < -0.4 is 15.4 Å². The second-order valence-electron chi connectivity index (χ2n) is 5.52. The van der Waals surface area contributed by atoms with Gasteiger partial charge in [-0.05, 0) is 24.8 Å². The first-order valence-electron chi connectivity index (χ1n) is 7.28. The molecule has 1 aliphatic rings. The Kier molecular flexibility index (Phi) is 5.43. The number of anilines is 1. The topological polar surface area (TPSA) is 51.4 Å². The van der Waals surface area contributed by atoms with Crippen molar-refractivity contribution in [3.05, 3.63) is 10.5 Å². The van der Waals surface area contributed by atoms with Gasteiger partial charge < -0.3 is 15.4 Å². The fraction of sp³-hybridized carbons (Fsp3) is 0.667. The first-order chi connectivity index (χ1) is 9.65. The number of methoxy groups -OCH3 is 1. The summed E-state index contributed by atoms with van der Waals surface area (Å²) in [6.07, 6.45) is 8.76. The molecule has 1 saturated carbocycles. The molecule has 20 heavy (non-hydrogen) atoms. The standard InChI is InChI=1S/C15H25N3OS/c1-18(2)15-17-14(19-3)13(20-15)9-12(10-16)11-7-5-4-6-8-11/h9,11H,4-8,10,16H2,1-3H3/b12-9-. The Morgan fingerprint density at radius 1 is 1.40 bits per heavy atom. The van der Waals surface area contributed by atoms with E-state index in [1.54, 1.807) is 18.4 Å². The van der Waals surface area contributed by atoms with E-state index in [4.69, 9.17) is 10.5 Å². The van der Waals surface area contributed by atoms with E-state index >= 15 is 0 Å². The zero-order valence-electron chi connectivity index (χ0n) is 12.7. The first kappa shape index (κ1) is 15.3. The number of thiazole rings is 1. The number of nitrogens with zero attached hydrogens (tertiary/aromatic N) is 2. The normalized spacial score (nSPS) is 17.3. The maximum absolute atomic E-state index is 5.97. The summed E-state index contributed by atoms with van der Waals surface area (Å²) in [6, 6.07) is 0. The SMILES string of the molecule is COc1nc(N(C)C)sc1/C=C(/CN)C1CCCCC1. The van der Waals surface area contributed by atoms with Crippen LogP contribution in [0.2, 0.25) is 0 Å². The van der Waals surface area contributed by atoms with Crippen LogP contribution in [-0.4, -0.2) is 32.7 Å². The third kappa shape index (κ3) is 3.52. The van der Waals surface area contributed by atoms with Gasteiger partial charge in [0, 0.05) is 20.6 Å². The van der Waals surface area contributed by atoms with Crippen molar-refractivity contribution in [2.45, 2.75) is 32.1 Å². The Morgan fingerprint density at radius 2 is 2.10 bits per heavy atom. The molecule has 1 aromatic rings. The molecular weight excluding hydrogens is 270 g/mol. The summed E-state index contributed by atoms with van der Waals surface area (Å²) < 4.78 is 5.40. The number of nitrogens with two attached hydrogens (primary N) is 1. The van der Waals surface area contributed by atoms with E-state index < -0.39 is 0 Å². The van der Waals surface area contributed by atoms with Crippen LogP contribution in [0.4, 0.5) is 5.13 Å². The van der Waals surface area contributed by atoms with Gasteiger partial charge in [0.05, 0.1) is 12.0 Å². The highest BCUT2D eigenvalue weighted by atomic mass is 32.1. The van der Waals surface area contributed by atoms with Crippen LogP contribution in [-0.2, 0) is 0 Å². The third-order valence-corrected chi connectivity index (χ3v) is 5.02. The zero-order chi connectivity index (χ0) is 14.5. The maximum atomic E-state index is 5.97. The highest BCUT2D eigenvalue weighted by molar-refractivity contribution is 7.16. The summed E-state index contributed by atoms with van der Waals surface area (Å²) in [6.45, 7) is 0.628. The van der Waals surface area contributed by atoms with Gasteiger partial charge in [0.2, 0.25) is 5.88 Å². The molecule has 2 rings (SSSR count). The molecule has 1 fully saturated rings. The van der Waals surface area contributed by atoms with Gasteiger partial charge >= 0.3 is 0 Å². The fourth-order valence-electron chi connectivity index (χ4n) is 2.72. The Hall–Kier alpha value is -1.07. The molecule has 0 atom stereocenters. The molecule has 2 N–H and O–H groups in total. The first-order valence-corrected chi connectivity index (χ1v) is 8.10. The summed E-state index contributed by atoms with van der Waals surface area (Å²) in [4.78, 5) is 7.59. The molecule has 0 bridgehead atoms. The fourth-order valence-corrected chi connectivity index (χ4v) is 3.66. The molecular formula is C15H25N3OS. The van der Waals surface area contributed by atoms with Crippen molar-refractivity contribution in [2.75, 3.05) is 32.6 Å². The number of rotatable bonds is 5. The minimum atomic E-state index is 0.628. The highest BCUT2D eigenvalue weighted by Crippen LogP contribution is 2.35. The van der Waals surface area contributed by atoms with Gasteiger partial charge in [0.15, 0.2) is 5.13 Å². The maximum Gasteiger partial charge on any atom is 0.233 e. The summed E-state index contributed by atoms with van der Waals surface area (Å²) in [7, 11) is 5.67. The van der Waals surface area contributed by atoms with E-state index in [0.29, 0.717) is 18.3 Å². The summed E-state index contributed by atoms with van der Waals surface area (Å²) in [5.74, 6) is 1.35. The summed E-state index contributed by atoms with van der Waals surface area (Å²) in [5.41, 5.74) is 7.32. The van der Waals surface area contributed by atoms with Crippen molar-refractivity contribution in [2.24, 2.45) is 11.7 Å². The molecule has 0 spiro atoms. The van der Waals surface area contributed by atoms with E-state index in [1.165, 1.54) is 37.7 Å². The molecule has 4 nitrogen and oxygen atoms in total. The molecule has 0 unspecified atom stereocenters. The summed E-state index contributed by atoms with van der Waals surface area (Å²) >= 11 is 1.66. The van der Waals surface area contributed by atoms with Crippen LogP contribution in [0.1, 0.15) is 37.0 Å². The second kappa shape index (κ2) is 7.09. The number of hydrogen-bond acceptors (Lipinski definition) is 5. The number of aromatic nitrogens is 1. The Morgan fingerprint density at radius 3 is 2.65 bits per heavy atom. The van der Waals surface area contributed by atoms with Crippen molar-refractivity contribution in [1.29, 1.82) is 0 Å². The van der Waals surface area contributed by atoms with Crippen LogP contribution >= 0.6 is 11.3 Å². The lowest BCUT2D eigenvalue weighted by Crippen LogP contribution is -2.16. The highest BCUT2D eigenvalue weighted by Gasteiger charge is 2.19. The van der Waals surface area contributed by atoms with Crippen LogP contribution in [0.15, 0.2) is 5.57 Å². The molecule has 5 heteroatoms. The molecule has 112 valence electrons. The van der Waals surface area contributed by atoms with Gasteiger partial charge in [0.1, 0.15) is 0 Å². The quantitative estimate of drug-likeness (QED) is 0.906. The van der Waals surface area contributed by atoms with E-state index in [1.807, 2.05) is 19.0 Å². The molecule has 1 aromatic heterocycles. The smallest absolute Gasteiger partial charge is 0.233 e. The average molecular weight is 295 g/mol. The van der Waals surface area contributed by atoms with Crippen molar-refractivity contribution < 1.29 is 4.74 Å². The Balaban J connectivity index is 2.25. The van der Waals surface area contributed by atoms with E-state index in [9.17, 15) is 0 Å². The Labute approximate surface area is 125 Å². The average Bonchev–Trinajstić information content (AvgIpc) is 2.89. The molecule has 1 heterocycles. The number of ether oxygens (including phenoxy) is 1. The van der Waals surface area contributed by atoms with Crippen LogP contribution in [0.25, 0.3) is 6.08 Å². The molecule has 0 aliphatic heterocycles. The van der Waals surface area contributed by atoms with Crippen molar-refractivity contribution >= 4 is 22.5 Å². The van der Waals surface area contributed by atoms with Gasteiger partial charge in [-0.2, -0.15) is 4.98 Å². The van der Waals surface area contributed by atoms with Gasteiger partial charge in [-0.1, -0.05) is 36.2 Å². The molecule has 0 amide bonds. The van der Waals surface area contributed by atoms with Gasteiger partial charge in [-0.3, -0.25) is 0 Å². The zero-order valence-corrected chi connectivity index (χ0v) is 13.5. The lowest BCUT2D eigenvalue weighted by Gasteiger charge is -2.23. The van der Waals surface area contributed by atoms with Crippen LogP contribution in [0.3, 0.4) is 0 Å². The second-order valence-corrected chi connectivity index (χ2v) is 6.53. The predicted molar refractivity (Wildman–Crippen MR) is 86.6 cm³/mol.